The minimum Gasteiger partial charge on any atom is -0.309 e. The third-order valence-corrected chi connectivity index (χ3v) is 2.43. The Hall–Kier alpha value is -1.16. The predicted molar refractivity (Wildman–Crippen MR) is 55.2 cm³/mol. The van der Waals surface area contributed by atoms with E-state index in [0.29, 0.717) is 5.82 Å². The predicted octanol–water partition coefficient (Wildman–Crippen LogP) is 1.68. The zero-order valence-electron chi connectivity index (χ0n) is 8.12. The average Bonchev–Trinajstić information content (AvgIpc) is 2.19. The lowest BCUT2D eigenvalue weighted by molar-refractivity contribution is -0.123. The summed E-state index contributed by atoms with van der Waals surface area (Å²) >= 11 is 5.66. The van der Waals surface area contributed by atoms with Crippen molar-refractivity contribution >= 4 is 23.3 Å². The molecule has 0 spiro atoms. The van der Waals surface area contributed by atoms with E-state index in [9.17, 15) is 4.79 Å². The van der Waals surface area contributed by atoms with Crippen molar-refractivity contribution in [3.63, 3.8) is 0 Å². The van der Waals surface area contributed by atoms with Gasteiger partial charge in [-0.3, -0.25) is 4.79 Å². The van der Waals surface area contributed by atoms with Crippen LogP contribution in [0, 0.1) is 5.41 Å². The molecular weight excluding hydrogens is 202 g/mol. The highest BCUT2D eigenvalue weighted by Crippen LogP contribution is 2.18. The second-order valence-electron chi connectivity index (χ2n) is 3.58. The largest absolute Gasteiger partial charge is 0.309 e. The van der Waals surface area contributed by atoms with E-state index >= 15 is 0 Å². The molecule has 0 fully saturated rings. The van der Waals surface area contributed by atoms with Crippen LogP contribution in [0.3, 0.4) is 0 Å². The van der Waals surface area contributed by atoms with Crippen LogP contribution in [-0.2, 0) is 4.79 Å². The van der Waals surface area contributed by atoms with Gasteiger partial charge < -0.3 is 5.32 Å². The third-order valence-electron chi connectivity index (χ3n) is 1.76. The number of rotatable bonds is 3. The van der Waals surface area contributed by atoms with Gasteiger partial charge in [-0.05, 0) is 26.0 Å². The van der Waals surface area contributed by atoms with Crippen molar-refractivity contribution in [2.45, 2.75) is 13.8 Å². The summed E-state index contributed by atoms with van der Waals surface area (Å²) in [5.74, 6) is 0.544. The Labute approximate surface area is 87.7 Å². The van der Waals surface area contributed by atoms with E-state index < -0.39 is 5.41 Å². The first-order chi connectivity index (χ1) is 6.56. The number of hydrogen-bond donors (Lipinski definition) is 1. The number of carbonyl (C=O) groups is 1. The van der Waals surface area contributed by atoms with E-state index in [1.54, 1.807) is 32.2 Å². The van der Waals surface area contributed by atoms with Gasteiger partial charge in [0.2, 0.25) is 5.91 Å². The smallest absolute Gasteiger partial charge is 0.232 e. The minimum atomic E-state index is -0.598. The fourth-order valence-corrected chi connectivity index (χ4v) is 0.836. The summed E-state index contributed by atoms with van der Waals surface area (Å²) < 4.78 is 0. The standard InChI is InChI=1S/C9H12ClN3O/c1-9(2,6-10)8(14)12-7-4-3-5-11-13-7/h3-5H,6H2,1-2H3,(H,12,13,14). The zero-order valence-corrected chi connectivity index (χ0v) is 8.88. The Morgan fingerprint density at radius 3 is 2.86 bits per heavy atom. The van der Waals surface area contributed by atoms with Crippen LogP contribution in [0.5, 0.6) is 0 Å². The fourth-order valence-electron chi connectivity index (χ4n) is 0.714. The van der Waals surface area contributed by atoms with E-state index in [-0.39, 0.29) is 11.8 Å². The van der Waals surface area contributed by atoms with Gasteiger partial charge in [0.15, 0.2) is 5.82 Å². The molecule has 1 rings (SSSR count). The summed E-state index contributed by atoms with van der Waals surface area (Å²) in [5, 5.41) is 10.0. The zero-order chi connectivity index (χ0) is 10.6. The van der Waals surface area contributed by atoms with Crippen LogP contribution < -0.4 is 5.32 Å². The van der Waals surface area contributed by atoms with Crippen molar-refractivity contribution in [1.82, 2.24) is 10.2 Å². The van der Waals surface area contributed by atoms with Crippen molar-refractivity contribution in [1.29, 1.82) is 0 Å². The number of anilines is 1. The van der Waals surface area contributed by atoms with Gasteiger partial charge in [-0.1, -0.05) is 0 Å². The Kier molecular flexibility index (Phi) is 3.41. The van der Waals surface area contributed by atoms with Gasteiger partial charge in [0.05, 0.1) is 5.41 Å². The van der Waals surface area contributed by atoms with Crippen LogP contribution in [0.15, 0.2) is 18.3 Å². The van der Waals surface area contributed by atoms with Crippen LogP contribution in [-0.4, -0.2) is 22.0 Å². The molecule has 0 unspecified atom stereocenters. The maximum absolute atomic E-state index is 11.6. The Morgan fingerprint density at radius 2 is 2.36 bits per heavy atom. The van der Waals surface area contributed by atoms with Gasteiger partial charge >= 0.3 is 0 Å². The van der Waals surface area contributed by atoms with Crippen molar-refractivity contribution in [2.75, 3.05) is 11.2 Å². The summed E-state index contributed by atoms with van der Waals surface area (Å²) in [6.07, 6.45) is 1.54. The molecule has 0 saturated heterocycles. The number of amides is 1. The van der Waals surface area contributed by atoms with E-state index in [0.717, 1.165) is 0 Å². The topological polar surface area (TPSA) is 54.9 Å². The number of nitrogens with one attached hydrogen (secondary N) is 1. The summed E-state index contributed by atoms with van der Waals surface area (Å²) in [5.41, 5.74) is -0.598. The van der Waals surface area contributed by atoms with Gasteiger partial charge in [0.25, 0.3) is 0 Å². The molecule has 1 aromatic heterocycles. The van der Waals surface area contributed by atoms with Crippen molar-refractivity contribution < 1.29 is 4.79 Å². The second kappa shape index (κ2) is 4.37. The molecule has 0 aliphatic carbocycles. The number of carbonyl (C=O) groups excluding carboxylic acids is 1. The molecule has 1 N–H and O–H groups in total. The highest BCUT2D eigenvalue weighted by atomic mass is 35.5. The molecule has 1 heterocycles. The monoisotopic (exact) mass is 213 g/mol. The quantitative estimate of drug-likeness (QED) is 0.778. The van der Waals surface area contributed by atoms with Crippen LogP contribution in [0.25, 0.3) is 0 Å². The first kappa shape index (κ1) is 10.9. The van der Waals surface area contributed by atoms with Crippen LogP contribution in [0.4, 0.5) is 5.82 Å². The van der Waals surface area contributed by atoms with Gasteiger partial charge in [0.1, 0.15) is 0 Å². The first-order valence-electron chi connectivity index (χ1n) is 4.21. The summed E-state index contributed by atoms with van der Waals surface area (Å²) in [7, 11) is 0. The van der Waals surface area contributed by atoms with E-state index in [4.69, 9.17) is 11.6 Å². The maximum atomic E-state index is 11.6. The molecule has 0 saturated carbocycles. The normalized spacial score (nSPS) is 11.1. The molecule has 0 bridgehead atoms. The molecule has 1 amide bonds. The molecule has 5 heteroatoms. The number of nitrogens with zero attached hydrogens (tertiary/aromatic N) is 2. The van der Waals surface area contributed by atoms with Gasteiger partial charge in [0, 0.05) is 12.1 Å². The molecule has 0 radical (unpaired) electrons. The summed E-state index contributed by atoms with van der Waals surface area (Å²) in [6.45, 7) is 3.54. The van der Waals surface area contributed by atoms with E-state index in [1.165, 1.54) is 0 Å². The summed E-state index contributed by atoms with van der Waals surface area (Å²) in [4.78, 5) is 11.6. The minimum absolute atomic E-state index is 0.159. The highest BCUT2D eigenvalue weighted by molar-refractivity contribution is 6.20. The lowest BCUT2D eigenvalue weighted by Gasteiger charge is -2.19. The molecule has 1 aromatic rings. The second-order valence-corrected chi connectivity index (χ2v) is 3.85. The average molecular weight is 214 g/mol. The van der Waals surface area contributed by atoms with Gasteiger partial charge in [-0.2, -0.15) is 5.10 Å². The molecule has 14 heavy (non-hydrogen) atoms. The third kappa shape index (κ3) is 2.67. The van der Waals surface area contributed by atoms with E-state index in [2.05, 4.69) is 15.5 Å². The van der Waals surface area contributed by atoms with E-state index in [1.807, 2.05) is 0 Å². The molecule has 0 aliphatic rings. The lowest BCUT2D eigenvalue weighted by atomic mass is 9.95. The summed E-state index contributed by atoms with van der Waals surface area (Å²) in [6, 6.07) is 3.38. The molecule has 4 nitrogen and oxygen atoms in total. The fraction of sp³-hybridized carbons (Fsp3) is 0.444. The Morgan fingerprint density at radius 1 is 1.64 bits per heavy atom. The highest BCUT2D eigenvalue weighted by Gasteiger charge is 2.26. The Balaban J connectivity index is 2.67. The van der Waals surface area contributed by atoms with Crippen molar-refractivity contribution in [3.05, 3.63) is 18.3 Å². The van der Waals surface area contributed by atoms with Gasteiger partial charge in [-0.15, -0.1) is 16.7 Å². The SMILES string of the molecule is CC(C)(CCl)C(=O)Nc1cccnn1. The van der Waals surface area contributed by atoms with Gasteiger partial charge in [-0.25, -0.2) is 0 Å². The number of aromatic nitrogens is 2. The molecule has 0 atom stereocenters. The van der Waals surface area contributed by atoms with Crippen LogP contribution in [0.2, 0.25) is 0 Å². The maximum Gasteiger partial charge on any atom is 0.232 e. The molecular formula is C9H12ClN3O. The lowest BCUT2D eigenvalue weighted by Crippen LogP contribution is -2.32. The molecule has 0 aromatic carbocycles. The van der Waals surface area contributed by atoms with Crippen LogP contribution >= 0.6 is 11.6 Å². The number of alkyl halides is 1. The van der Waals surface area contributed by atoms with Crippen LogP contribution in [0.1, 0.15) is 13.8 Å². The van der Waals surface area contributed by atoms with Crippen molar-refractivity contribution in [3.8, 4) is 0 Å². The number of halogens is 1. The van der Waals surface area contributed by atoms with Crippen molar-refractivity contribution in [2.24, 2.45) is 5.41 Å². The Bertz CT molecular complexity index is 313. The molecule has 76 valence electrons. The first-order valence-corrected chi connectivity index (χ1v) is 4.75. The molecule has 0 aliphatic heterocycles. The number of hydrogen-bond acceptors (Lipinski definition) is 3.